The van der Waals surface area contributed by atoms with Crippen LogP contribution in [-0.2, 0) is 12.8 Å². The topological polar surface area (TPSA) is 17.1 Å². The minimum atomic E-state index is 0.248. The molecule has 2 aromatic rings. The molecule has 0 saturated heterocycles. The van der Waals surface area contributed by atoms with Crippen molar-refractivity contribution in [2.45, 2.75) is 38.0 Å². The molecule has 0 spiro atoms. The first-order valence-corrected chi connectivity index (χ1v) is 8.78. The summed E-state index contributed by atoms with van der Waals surface area (Å²) in [5.41, 5.74) is 3.87. The molecule has 0 saturated carbocycles. The zero-order valence-electron chi connectivity index (χ0n) is 11.9. The molecule has 1 heterocycles. The number of fused-ring (bicyclic) bond motifs is 1. The predicted molar refractivity (Wildman–Crippen MR) is 87.3 cm³/mol. The summed E-state index contributed by atoms with van der Waals surface area (Å²) in [6.07, 6.45) is 3.68. The fourth-order valence-corrected chi connectivity index (χ4v) is 4.56. The van der Waals surface area contributed by atoms with Crippen molar-refractivity contribution in [3.8, 4) is 0 Å². The molecular formula is C17H18OS2. The second kappa shape index (κ2) is 5.74. The largest absolute Gasteiger partial charge is 0.293 e. The first-order valence-electron chi connectivity index (χ1n) is 6.98. The first kappa shape index (κ1) is 13.9. The highest BCUT2D eigenvalue weighted by atomic mass is 32.2. The van der Waals surface area contributed by atoms with Crippen molar-refractivity contribution in [2.24, 2.45) is 0 Å². The number of benzene rings is 1. The zero-order valence-corrected chi connectivity index (χ0v) is 13.5. The summed E-state index contributed by atoms with van der Waals surface area (Å²) < 4.78 is 0. The summed E-state index contributed by atoms with van der Waals surface area (Å²) in [5, 5.41) is 0. The van der Waals surface area contributed by atoms with Crippen LogP contribution in [0, 0.1) is 13.8 Å². The van der Waals surface area contributed by atoms with Crippen LogP contribution in [0.5, 0.6) is 0 Å². The number of Topliss-reactive ketones (excluding diaryl/α,β-unsaturated/α-hetero) is 1. The van der Waals surface area contributed by atoms with Crippen molar-refractivity contribution in [2.75, 3.05) is 5.75 Å². The van der Waals surface area contributed by atoms with Crippen molar-refractivity contribution < 1.29 is 4.79 Å². The van der Waals surface area contributed by atoms with Gasteiger partial charge < -0.3 is 0 Å². The molecule has 0 aliphatic heterocycles. The average Bonchev–Trinajstić information content (AvgIpc) is 3.01. The van der Waals surface area contributed by atoms with Crippen LogP contribution in [0.2, 0.25) is 0 Å². The Morgan fingerprint density at radius 2 is 2.00 bits per heavy atom. The molecule has 0 N–H and O–H groups in total. The van der Waals surface area contributed by atoms with E-state index in [1.54, 1.807) is 23.1 Å². The molecule has 1 nitrogen and oxygen atoms in total. The third-order valence-electron chi connectivity index (χ3n) is 3.78. The van der Waals surface area contributed by atoms with Gasteiger partial charge >= 0.3 is 0 Å². The van der Waals surface area contributed by atoms with E-state index in [0.717, 1.165) is 10.4 Å². The molecule has 1 aromatic heterocycles. The Balaban J connectivity index is 1.67. The smallest absolute Gasteiger partial charge is 0.174 e. The lowest BCUT2D eigenvalue weighted by Crippen LogP contribution is -2.02. The van der Waals surface area contributed by atoms with Crippen molar-refractivity contribution >= 4 is 28.9 Å². The van der Waals surface area contributed by atoms with Crippen LogP contribution in [-0.4, -0.2) is 11.5 Å². The molecule has 0 radical (unpaired) electrons. The number of hydrogen-bond acceptors (Lipinski definition) is 3. The highest BCUT2D eigenvalue weighted by Gasteiger charge is 2.14. The third-order valence-corrected chi connectivity index (χ3v) is 5.74. The van der Waals surface area contributed by atoms with E-state index < -0.39 is 0 Å². The highest BCUT2D eigenvalue weighted by Crippen LogP contribution is 2.29. The Kier molecular flexibility index (Phi) is 3.99. The number of carbonyl (C=O) groups excluding carboxylic acids is 1. The number of aryl methyl sites for hydroxylation is 4. The maximum Gasteiger partial charge on any atom is 0.174 e. The second-order valence-electron chi connectivity index (χ2n) is 5.32. The predicted octanol–water partition coefficient (Wildman–Crippen LogP) is 4.83. The monoisotopic (exact) mass is 302 g/mol. The van der Waals surface area contributed by atoms with E-state index in [0.29, 0.717) is 5.75 Å². The van der Waals surface area contributed by atoms with Crippen LogP contribution in [0.15, 0.2) is 29.2 Å². The van der Waals surface area contributed by atoms with E-state index in [1.165, 1.54) is 40.2 Å². The van der Waals surface area contributed by atoms with Crippen LogP contribution in [0.4, 0.5) is 0 Å². The summed E-state index contributed by atoms with van der Waals surface area (Å²) in [4.78, 5) is 15.9. The van der Waals surface area contributed by atoms with Crippen LogP contribution in [0.3, 0.4) is 0 Å². The fraction of sp³-hybridized carbons (Fsp3) is 0.353. The van der Waals surface area contributed by atoms with Gasteiger partial charge in [0.1, 0.15) is 0 Å². The molecule has 1 aliphatic rings. The van der Waals surface area contributed by atoms with Gasteiger partial charge in [-0.05, 0) is 62.4 Å². The molecule has 3 heteroatoms. The van der Waals surface area contributed by atoms with Crippen LogP contribution >= 0.6 is 23.1 Å². The van der Waals surface area contributed by atoms with Crippen LogP contribution in [0.25, 0.3) is 0 Å². The Morgan fingerprint density at radius 3 is 2.75 bits per heavy atom. The van der Waals surface area contributed by atoms with Gasteiger partial charge in [-0.2, -0.15) is 0 Å². The number of thioether (sulfide) groups is 1. The molecule has 0 unspecified atom stereocenters. The lowest BCUT2D eigenvalue weighted by molar-refractivity contribution is 0.102. The van der Waals surface area contributed by atoms with Gasteiger partial charge in [0.2, 0.25) is 0 Å². The van der Waals surface area contributed by atoms with Gasteiger partial charge in [0, 0.05) is 20.2 Å². The lowest BCUT2D eigenvalue weighted by atomic mass is 10.1. The minimum Gasteiger partial charge on any atom is -0.293 e. The summed E-state index contributed by atoms with van der Waals surface area (Å²) in [6.45, 7) is 4.09. The van der Waals surface area contributed by atoms with Gasteiger partial charge in [-0.3, -0.25) is 4.79 Å². The zero-order chi connectivity index (χ0) is 14.1. The average molecular weight is 302 g/mol. The van der Waals surface area contributed by atoms with E-state index in [4.69, 9.17) is 0 Å². The molecule has 1 aliphatic carbocycles. The van der Waals surface area contributed by atoms with Crippen molar-refractivity contribution in [3.05, 3.63) is 50.7 Å². The van der Waals surface area contributed by atoms with Gasteiger partial charge in [0.25, 0.3) is 0 Å². The van der Waals surface area contributed by atoms with E-state index in [-0.39, 0.29) is 5.78 Å². The highest BCUT2D eigenvalue weighted by molar-refractivity contribution is 8.00. The molecule has 0 atom stereocenters. The molecule has 104 valence electrons. The van der Waals surface area contributed by atoms with Gasteiger partial charge in [-0.25, -0.2) is 0 Å². The van der Waals surface area contributed by atoms with E-state index in [2.05, 4.69) is 25.1 Å². The van der Waals surface area contributed by atoms with Gasteiger partial charge in [0.15, 0.2) is 5.78 Å². The SMILES string of the molecule is Cc1cc(C(=O)CSc2ccc3c(c2)CCC3)c(C)s1. The molecule has 0 amide bonds. The molecule has 20 heavy (non-hydrogen) atoms. The standard InChI is InChI=1S/C17H18OS2/c1-11-8-16(12(2)20-11)17(18)10-19-15-7-6-13-4-3-5-14(13)9-15/h6-9H,3-5,10H2,1-2H3. The van der Waals surface area contributed by atoms with Gasteiger partial charge in [-0.15, -0.1) is 23.1 Å². The van der Waals surface area contributed by atoms with E-state index in [1.807, 2.05) is 13.0 Å². The van der Waals surface area contributed by atoms with E-state index >= 15 is 0 Å². The number of ketones is 1. The van der Waals surface area contributed by atoms with Crippen LogP contribution < -0.4 is 0 Å². The van der Waals surface area contributed by atoms with Gasteiger partial charge in [-0.1, -0.05) is 6.07 Å². The van der Waals surface area contributed by atoms with E-state index in [9.17, 15) is 4.79 Å². The molecule has 1 aromatic carbocycles. The lowest BCUT2D eigenvalue weighted by Gasteiger charge is -2.04. The van der Waals surface area contributed by atoms with Crippen molar-refractivity contribution in [1.82, 2.24) is 0 Å². The molecule has 0 bridgehead atoms. The van der Waals surface area contributed by atoms with Crippen molar-refractivity contribution in [3.63, 3.8) is 0 Å². The normalized spacial score (nSPS) is 13.5. The number of hydrogen-bond donors (Lipinski definition) is 0. The Hall–Kier alpha value is -1.06. The third kappa shape index (κ3) is 2.84. The first-order chi connectivity index (χ1) is 9.63. The number of rotatable bonds is 4. The summed E-state index contributed by atoms with van der Waals surface area (Å²) in [5.74, 6) is 0.785. The quantitative estimate of drug-likeness (QED) is 0.594. The Morgan fingerprint density at radius 1 is 1.20 bits per heavy atom. The summed E-state index contributed by atoms with van der Waals surface area (Å²) in [7, 11) is 0. The fourth-order valence-electron chi connectivity index (χ4n) is 2.77. The van der Waals surface area contributed by atoms with Gasteiger partial charge in [0.05, 0.1) is 5.75 Å². The molecule has 0 fully saturated rings. The minimum absolute atomic E-state index is 0.248. The van der Waals surface area contributed by atoms with Crippen LogP contribution in [0.1, 0.15) is 37.7 Å². The molecule has 3 rings (SSSR count). The maximum atomic E-state index is 12.3. The second-order valence-corrected chi connectivity index (χ2v) is 7.83. The summed E-state index contributed by atoms with van der Waals surface area (Å²) >= 11 is 3.37. The molecular weight excluding hydrogens is 284 g/mol. The Bertz CT molecular complexity index is 655. The maximum absolute atomic E-state index is 12.3. The number of thiophene rings is 1. The Labute approximate surface area is 128 Å². The van der Waals surface area contributed by atoms with Crippen molar-refractivity contribution in [1.29, 1.82) is 0 Å². The number of carbonyl (C=O) groups is 1. The summed E-state index contributed by atoms with van der Waals surface area (Å²) in [6, 6.07) is 8.68.